The summed E-state index contributed by atoms with van der Waals surface area (Å²) in [6.45, 7) is 9.39. The highest BCUT2D eigenvalue weighted by atomic mass is 32.2. The number of sulfone groups is 1. The molecule has 1 aromatic carbocycles. The van der Waals surface area contributed by atoms with Crippen molar-refractivity contribution in [2.45, 2.75) is 36.9 Å². The number of allylic oxidation sites excluding steroid dienone is 2. The lowest BCUT2D eigenvalue weighted by Crippen LogP contribution is -2.40. The van der Waals surface area contributed by atoms with Gasteiger partial charge in [0.25, 0.3) is 0 Å². The third kappa shape index (κ3) is 6.51. The molecule has 2 N–H and O–H groups in total. The largest absolute Gasteiger partial charge is 0.412 e. The van der Waals surface area contributed by atoms with Gasteiger partial charge in [-0.15, -0.1) is 0 Å². The van der Waals surface area contributed by atoms with Gasteiger partial charge in [-0.05, 0) is 43.7 Å². The Kier molecular flexibility index (Phi) is 7.01. The molecule has 0 saturated heterocycles. The molecule has 1 aromatic rings. The van der Waals surface area contributed by atoms with E-state index in [4.69, 9.17) is 0 Å². The monoisotopic (exact) mass is 407 g/mol. The van der Waals surface area contributed by atoms with Gasteiger partial charge < -0.3 is 10.4 Å². The van der Waals surface area contributed by atoms with Crippen LogP contribution in [0.1, 0.15) is 20.3 Å². The topological polar surface area (TPSA) is 66.4 Å². The molecule has 0 aliphatic rings. The van der Waals surface area contributed by atoms with E-state index in [1.165, 1.54) is 6.92 Å². The minimum absolute atomic E-state index is 0.200. The Morgan fingerprint density at radius 2 is 1.74 bits per heavy atom. The summed E-state index contributed by atoms with van der Waals surface area (Å²) in [6.07, 6.45) is -4.06. The van der Waals surface area contributed by atoms with Gasteiger partial charge in [0.1, 0.15) is 11.4 Å². The summed E-state index contributed by atoms with van der Waals surface area (Å²) >= 11 is 0. The summed E-state index contributed by atoms with van der Waals surface area (Å²) in [5.41, 5.74) is -3.30. The van der Waals surface area contributed by atoms with Crippen LogP contribution in [0.15, 0.2) is 65.4 Å². The van der Waals surface area contributed by atoms with Crippen molar-refractivity contribution >= 4 is 9.84 Å². The second-order valence-electron chi connectivity index (χ2n) is 6.14. The lowest BCUT2D eigenvalue weighted by molar-refractivity contribution is -0.0936. The molecule has 0 spiro atoms. The Morgan fingerprint density at radius 3 is 2.19 bits per heavy atom. The van der Waals surface area contributed by atoms with Gasteiger partial charge in [-0.25, -0.2) is 12.8 Å². The summed E-state index contributed by atoms with van der Waals surface area (Å²) in [5.74, 6) is -1.43. The van der Waals surface area contributed by atoms with Crippen LogP contribution in [0.2, 0.25) is 0 Å². The third-order valence-corrected chi connectivity index (χ3v) is 5.63. The summed E-state index contributed by atoms with van der Waals surface area (Å²) in [7, 11) is -4.01. The van der Waals surface area contributed by atoms with E-state index in [0.29, 0.717) is 0 Å². The number of benzene rings is 1. The first kappa shape index (κ1) is 22.9. The van der Waals surface area contributed by atoms with Crippen LogP contribution in [0, 0.1) is 5.82 Å². The minimum atomic E-state index is -4.53. The van der Waals surface area contributed by atoms with E-state index < -0.39 is 38.8 Å². The van der Waals surface area contributed by atoms with Crippen LogP contribution in [0.25, 0.3) is 0 Å². The van der Waals surface area contributed by atoms with Crippen LogP contribution in [0.3, 0.4) is 0 Å². The normalized spacial score (nSPS) is 15.1. The molecular formula is C18H21F4NO3S. The first-order valence-electron chi connectivity index (χ1n) is 7.83. The molecule has 9 heteroatoms. The molecular weight excluding hydrogens is 386 g/mol. The van der Waals surface area contributed by atoms with Gasteiger partial charge in [0.2, 0.25) is 0 Å². The van der Waals surface area contributed by atoms with Crippen molar-refractivity contribution in [2.24, 2.45) is 0 Å². The van der Waals surface area contributed by atoms with Gasteiger partial charge >= 0.3 is 6.18 Å². The van der Waals surface area contributed by atoms with Crippen LogP contribution in [-0.2, 0) is 9.84 Å². The molecule has 1 unspecified atom stereocenters. The Labute approximate surface area is 155 Å². The number of hydrogen-bond acceptors (Lipinski definition) is 4. The first-order chi connectivity index (χ1) is 12.2. The number of rotatable bonds is 8. The predicted molar refractivity (Wildman–Crippen MR) is 94.9 cm³/mol. The lowest BCUT2D eigenvalue weighted by atomic mass is 10.1. The number of halogens is 4. The lowest BCUT2D eigenvalue weighted by Gasteiger charge is -2.27. The molecule has 0 radical (unpaired) electrons. The van der Waals surface area contributed by atoms with E-state index in [0.717, 1.165) is 37.3 Å². The van der Waals surface area contributed by atoms with Gasteiger partial charge in [0.15, 0.2) is 9.84 Å². The second-order valence-corrected chi connectivity index (χ2v) is 8.13. The Morgan fingerprint density at radius 1 is 1.22 bits per heavy atom. The standard InChI is InChI=1S/C18H21F4NO3S/c1-5-14(18(20,21)22)10-12(2)23-13(3)17(4,24)11-27(25,26)16-8-6-15(19)7-9-16/h6-10,23-24H,2-3,5,11H2,1,4H3/b14-10+. The highest BCUT2D eigenvalue weighted by Gasteiger charge is 2.34. The van der Waals surface area contributed by atoms with Crippen molar-refractivity contribution in [3.05, 3.63) is 66.3 Å². The third-order valence-electron chi connectivity index (χ3n) is 3.70. The molecule has 0 saturated carbocycles. The van der Waals surface area contributed by atoms with Crippen LogP contribution >= 0.6 is 0 Å². The van der Waals surface area contributed by atoms with E-state index in [-0.39, 0.29) is 22.7 Å². The molecule has 0 fully saturated rings. The second kappa shape index (κ2) is 8.26. The fraction of sp³-hybridized carbons (Fsp3) is 0.333. The zero-order valence-corrected chi connectivity index (χ0v) is 15.7. The smallest absolute Gasteiger partial charge is 0.383 e. The molecule has 0 aromatic heterocycles. The maximum absolute atomic E-state index is 12.9. The van der Waals surface area contributed by atoms with Gasteiger partial charge in [-0.2, -0.15) is 13.2 Å². The average molecular weight is 407 g/mol. The zero-order valence-electron chi connectivity index (χ0n) is 14.9. The number of nitrogens with one attached hydrogen (secondary N) is 1. The van der Waals surface area contributed by atoms with E-state index >= 15 is 0 Å². The quantitative estimate of drug-likeness (QED) is 0.390. The molecule has 0 bridgehead atoms. The van der Waals surface area contributed by atoms with Crippen molar-refractivity contribution in [1.29, 1.82) is 0 Å². The number of alkyl halides is 3. The van der Waals surface area contributed by atoms with E-state index in [1.807, 2.05) is 0 Å². The van der Waals surface area contributed by atoms with Crippen LogP contribution in [0.4, 0.5) is 17.6 Å². The summed E-state index contributed by atoms with van der Waals surface area (Å²) in [5, 5.41) is 12.8. The maximum Gasteiger partial charge on any atom is 0.412 e. The van der Waals surface area contributed by atoms with Gasteiger partial charge in [-0.3, -0.25) is 0 Å². The predicted octanol–water partition coefficient (Wildman–Crippen LogP) is 3.87. The molecule has 0 aliphatic carbocycles. The van der Waals surface area contributed by atoms with E-state index in [2.05, 4.69) is 18.5 Å². The Hall–Kier alpha value is -2.13. The molecule has 27 heavy (non-hydrogen) atoms. The van der Waals surface area contributed by atoms with Crippen LogP contribution in [-0.4, -0.2) is 31.1 Å². The van der Waals surface area contributed by atoms with E-state index in [1.54, 1.807) is 0 Å². The average Bonchev–Trinajstić information content (AvgIpc) is 2.50. The van der Waals surface area contributed by atoms with E-state index in [9.17, 15) is 31.1 Å². The minimum Gasteiger partial charge on any atom is -0.383 e. The molecule has 1 rings (SSSR count). The summed E-state index contributed by atoms with van der Waals surface area (Å²) < 4.78 is 76.0. The maximum atomic E-state index is 12.9. The molecule has 1 atom stereocenters. The van der Waals surface area contributed by atoms with Crippen LogP contribution < -0.4 is 5.32 Å². The highest BCUT2D eigenvalue weighted by Crippen LogP contribution is 2.29. The zero-order chi connectivity index (χ0) is 21.0. The fourth-order valence-corrected chi connectivity index (χ4v) is 3.77. The molecule has 0 amide bonds. The molecule has 0 heterocycles. The molecule has 150 valence electrons. The van der Waals surface area contributed by atoms with Crippen molar-refractivity contribution in [3.8, 4) is 0 Å². The van der Waals surface area contributed by atoms with Crippen molar-refractivity contribution in [1.82, 2.24) is 5.32 Å². The van der Waals surface area contributed by atoms with Gasteiger partial charge in [0, 0.05) is 17.0 Å². The van der Waals surface area contributed by atoms with Crippen molar-refractivity contribution < 1.29 is 31.1 Å². The molecule has 4 nitrogen and oxygen atoms in total. The summed E-state index contributed by atoms with van der Waals surface area (Å²) in [4.78, 5) is -0.207. The van der Waals surface area contributed by atoms with Crippen molar-refractivity contribution in [3.63, 3.8) is 0 Å². The van der Waals surface area contributed by atoms with Crippen LogP contribution in [0.5, 0.6) is 0 Å². The number of aliphatic hydroxyl groups is 1. The molecule has 0 aliphatic heterocycles. The SMILES string of the molecule is C=C(/C=C(\CC)C(F)(F)F)NC(=C)C(C)(O)CS(=O)(=O)c1ccc(F)cc1. The van der Waals surface area contributed by atoms with Crippen molar-refractivity contribution in [2.75, 3.05) is 5.75 Å². The Balaban J connectivity index is 2.94. The summed E-state index contributed by atoms with van der Waals surface area (Å²) in [6, 6.07) is 4.03. The van der Waals surface area contributed by atoms with Gasteiger partial charge in [0.05, 0.1) is 10.6 Å². The highest BCUT2D eigenvalue weighted by molar-refractivity contribution is 7.91. The number of hydrogen-bond donors (Lipinski definition) is 2. The van der Waals surface area contributed by atoms with Gasteiger partial charge in [-0.1, -0.05) is 20.1 Å². The Bertz CT molecular complexity index is 838. The first-order valence-corrected chi connectivity index (χ1v) is 9.48. The fourth-order valence-electron chi connectivity index (χ4n) is 2.14.